The lowest BCUT2D eigenvalue weighted by Gasteiger charge is -2.20. The standard InChI is InChI=1S/C20H16/c1-2-6-15(7-3-1)17-12-13-20-18(14-17)11-10-16-8-4-5-9-19(16)20/h1-9,12-14H,10-11H2. The molecule has 4 rings (SSSR count). The number of hydrogen-bond donors (Lipinski definition) is 0. The number of hydrogen-bond acceptors (Lipinski definition) is 0. The third kappa shape index (κ3) is 1.85. The van der Waals surface area contributed by atoms with Crippen molar-refractivity contribution in [1.82, 2.24) is 0 Å². The minimum Gasteiger partial charge on any atom is -0.0622 e. The van der Waals surface area contributed by atoms with Crippen LogP contribution in [0.25, 0.3) is 22.3 Å². The summed E-state index contributed by atoms with van der Waals surface area (Å²) < 4.78 is 0. The fraction of sp³-hybridized carbons (Fsp3) is 0.100. The van der Waals surface area contributed by atoms with Crippen molar-refractivity contribution in [3.63, 3.8) is 0 Å². The van der Waals surface area contributed by atoms with Gasteiger partial charge in [0.1, 0.15) is 0 Å². The van der Waals surface area contributed by atoms with Crippen molar-refractivity contribution in [2.45, 2.75) is 12.8 Å². The van der Waals surface area contributed by atoms with Gasteiger partial charge in [0.15, 0.2) is 0 Å². The lowest BCUT2D eigenvalue weighted by molar-refractivity contribution is 0.942. The van der Waals surface area contributed by atoms with Crippen molar-refractivity contribution < 1.29 is 0 Å². The monoisotopic (exact) mass is 256 g/mol. The van der Waals surface area contributed by atoms with Gasteiger partial charge in [0.05, 0.1) is 0 Å². The molecule has 0 radical (unpaired) electrons. The van der Waals surface area contributed by atoms with E-state index in [9.17, 15) is 0 Å². The molecule has 0 aromatic heterocycles. The maximum atomic E-state index is 2.36. The summed E-state index contributed by atoms with van der Waals surface area (Å²) >= 11 is 0. The molecule has 0 saturated carbocycles. The maximum Gasteiger partial charge on any atom is -0.0149 e. The summed E-state index contributed by atoms with van der Waals surface area (Å²) in [7, 11) is 0. The highest BCUT2D eigenvalue weighted by atomic mass is 14.2. The highest BCUT2D eigenvalue weighted by molar-refractivity contribution is 5.77. The highest BCUT2D eigenvalue weighted by Crippen LogP contribution is 2.35. The summed E-state index contributed by atoms with van der Waals surface area (Å²) in [6.07, 6.45) is 2.30. The van der Waals surface area contributed by atoms with Crippen LogP contribution in [0.2, 0.25) is 0 Å². The smallest absolute Gasteiger partial charge is 0.0149 e. The van der Waals surface area contributed by atoms with E-state index in [1.54, 1.807) is 0 Å². The highest BCUT2D eigenvalue weighted by Gasteiger charge is 2.15. The van der Waals surface area contributed by atoms with E-state index < -0.39 is 0 Å². The lowest BCUT2D eigenvalue weighted by atomic mass is 9.84. The zero-order valence-corrected chi connectivity index (χ0v) is 11.3. The molecule has 0 bridgehead atoms. The third-order valence-electron chi connectivity index (χ3n) is 4.18. The second-order valence-corrected chi connectivity index (χ2v) is 5.40. The summed E-state index contributed by atoms with van der Waals surface area (Å²) in [6, 6.07) is 26.3. The molecule has 0 aliphatic heterocycles. The molecule has 0 heterocycles. The second kappa shape index (κ2) is 4.64. The fourth-order valence-electron chi connectivity index (χ4n) is 3.14. The Balaban J connectivity index is 1.85. The van der Waals surface area contributed by atoms with Crippen LogP contribution in [-0.2, 0) is 12.8 Å². The number of rotatable bonds is 1. The molecule has 1 aliphatic carbocycles. The van der Waals surface area contributed by atoms with E-state index in [-0.39, 0.29) is 0 Å². The Labute approximate surface area is 119 Å². The van der Waals surface area contributed by atoms with Crippen molar-refractivity contribution in [3.05, 3.63) is 83.9 Å². The molecule has 1 aliphatic rings. The van der Waals surface area contributed by atoms with Gasteiger partial charge in [-0.1, -0.05) is 72.8 Å². The Morgan fingerprint density at radius 1 is 0.500 bits per heavy atom. The van der Waals surface area contributed by atoms with Crippen LogP contribution in [0.4, 0.5) is 0 Å². The fourth-order valence-corrected chi connectivity index (χ4v) is 3.14. The Hall–Kier alpha value is -2.34. The molecule has 0 amide bonds. The minimum atomic E-state index is 1.15. The Morgan fingerprint density at radius 2 is 1.20 bits per heavy atom. The first-order valence-electron chi connectivity index (χ1n) is 7.18. The molecule has 20 heavy (non-hydrogen) atoms. The summed E-state index contributed by atoms with van der Waals surface area (Å²) in [4.78, 5) is 0. The van der Waals surface area contributed by atoms with Crippen LogP contribution in [0.5, 0.6) is 0 Å². The van der Waals surface area contributed by atoms with Crippen molar-refractivity contribution in [2.75, 3.05) is 0 Å². The van der Waals surface area contributed by atoms with E-state index in [2.05, 4.69) is 72.8 Å². The normalized spacial score (nSPS) is 12.6. The molecule has 0 unspecified atom stereocenters. The zero-order valence-electron chi connectivity index (χ0n) is 11.3. The van der Waals surface area contributed by atoms with Gasteiger partial charge in [-0.25, -0.2) is 0 Å². The van der Waals surface area contributed by atoms with Crippen molar-refractivity contribution in [2.24, 2.45) is 0 Å². The minimum absolute atomic E-state index is 1.15. The van der Waals surface area contributed by atoms with Crippen LogP contribution in [-0.4, -0.2) is 0 Å². The van der Waals surface area contributed by atoms with Gasteiger partial charge in [-0.15, -0.1) is 0 Å². The molecule has 0 saturated heterocycles. The van der Waals surface area contributed by atoms with E-state index in [1.165, 1.54) is 33.4 Å². The largest absolute Gasteiger partial charge is 0.0622 e. The topological polar surface area (TPSA) is 0 Å². The van der Waals surface area contributed by atoms with Gasteiger partial charge in [0.25, 0.3) is 0 Å². The van der Waals surface area contributed by atoms with Gasteiger partial charge in [-0.3, -0.25) is 0 Å². The zero-order chi connectivity index (χ0) is 13.4. The first-order chi connectivity index (χ1) is 9.92. The molecule has 0 N–H and O–H groups in total. The van der Waals surface area contributed by atoms with Gasteiger partial charge in [0, 0.05) is 0 Å². The van der Waals surface area contributed by atoms with Crippen LogP contribution in [0.3, 0.4) is 0 Å². The molecular formula is C20H16. The van der Waals surface area contributed by atoms with Crippen LogP contribution >= 0.6 is 0 Å². The van der Waals surface area contributed by atoms with Gasteiger partial charge in [0.2, 0.25) is 0 Å². The van der Waals surface area contributed by atoms with Crippen molar-refractivity contribution in [3.8, 4) is 22.3 Å². The van der Waals surface area contributed by atoms with Gasteiger partial charge < -0.3 is 0 Å². The molecule has 0 atom stereocenters. The average molecular weight is 256 g/mol. The van der Waals surface area contributed by atoms with E-state index in [0.29, 0.717) is 0 Å². The number of fused-ring (bicyclic) bond motifs is 3. The van der Waals surface area contributed by atoms with E-state index in [4.69, 9.17) is 0 Å². The van der Waals surface area contributed by atoms with Crippen LogP contribution in [0.1, 0.15) is 11.1 Å². The average Bonchev–Trinajstić information content (AvgIpc) is 2.55. The van der Waals surface area contributed by atoms with Crippen LogP contribution < -0.4 is 0 Å². The molecule has 0 nitrogen and oxygen atoms in total. The van der Waals surface area contributed by atoms with Crippen molar-refractivity contribution in [1.29, 1.82) is 0 Å². The maximum absolute atomic E-state index is 2.36. The van der Waals surface area contributed by atoms with Gasteiger partial charge >= 0.3 is 0 Å². The summed E-state index contributed by atoms with van der Waals surface area (Å²) in [5.41, 5.74) is 8.40. The molecule has 0 spiro atoms. The first-order valence-corrected chi connectivity index (χ1v) is 7.18. The van der Waals surface area contributed by atoms with E-state index >= 15 is 0 Å². The van der Waals surface area contributed by atoms with E-state index in [1.807, 2.05) is 0 Å². The Morgan fingerprint density at radius 3 is 2.10 bits per heavy atom. The summed E-state index contributed by atoms with van der Waals surface area (Å²) in [5, 5.41) is 0. The van der Waals surface area contributed by atoms with Gasteiger partial charge in [-0.05, 0) is 46.2 Å². The Bertz CT molecular complexity index is 754. The van der Waals surface area contributed by atoms with E-state index in [0.717, 1.165) is 12.8 Å². The predicted octanol–water partition coefficient (Wildman–Crippen LogP) is 5.12. The quantitative estimate of drug-likeness (QED) is 0.567. The number of aryl methyl sites for hydroxylation is 2. The summed E-state index contributed by atoms with van der Waals surface area (Å²) in [5.74, 6) is 0. The molecule has 3 aromatic rings. The Kier molecular flexibility index (Phi) is 2.67. The molecule has 0 fully saturated rings. The molecule has 0 heteroatoms. The predicted molar refractivity (Wildman–Crippen MR) is 84.7 cm³/mol. The third-order valence-corrected chi connectivity index (χ3v) is 4.18. The lowest BCUT2D eigenvalue weighted by Crippen LogP contribution is -2.03. The molecular weight excluding hydrogens is 240 g/mol. The first kappa shape index (κ1) is 11.5. The van der Waals surface area contributed by atoms with Crippen molar-refractivity contribution >= 4 is 0 Å². The molecule has 3 aromatic carbocycles. The van der Waals surface area contributed by atoms with Crippen LogP contribution in [0, 0.1) is 0 Å². The second-order valence-electron chi connectivity index (χ2n) is 5.40. The van der Waals surface area contributed by atoms with Gasteiger partial charge in [-0.2, -0.15) is 0 Å². The van der Waals surface area contributed by atoms with Crippen LogP contribution in [0.15, 0.2) is 72.8 Å². The molecule has 96 valence electrons. The number of benzene rings is 3. The SMILES string of the molecule is c1ccc(-c2ccc3c(c2)CCc2ccccc2-3)cc1. The summed E-state index contributed by atoms with van der Waals surface area (Å²) in [6.45, 7) is 0.